The fraction of sp³-hybridized carbons (Fsp3) is 0.333. The maximum atomic E-state index is 12.4. The molecule has 4 nitrogen and oxygen atoms in total. The summed E-state index contributed by atoms with van der Waals surface area (Å²) < 4.78 is 5.19. The lowest BCUT2D eigenvalue weighted by atomic mass is 9.89. The third-order valence-corrected chi connectivity index (χ3v) is 3.23. The first-order valence-electron chi connectivity index (χ1n) is 6.15. The molecule has 0 unspecified atom stereocenters. The highest BCUT2D eigenvalue weighted by molar-refractivity contribution is 6.01. The number of rotatable bonds is 3. The lowest BCUT2D eigenvalue weighted by Crippen LogP contribution is -2.35. The topological polar surface area (TPSA) is 46.6 Å². The first kappa shape index (κ1) is 13.3. The van der Waals surface area contributed by atoms with Crippen LogP contribution in [0.3, 0.4) is 0 Å². The monoisotopic (exact) mass is 259 g/mol. The van der Waals surface area contributed by atoms with Crippen LogP contribution in [0.5, 0.6) is 0 Å². The molecule has 0 saturated carbocycles. The summed E-state index contributed by atoms with van der Waals surface area (Å²) in [6.07, 6.45) is 0.312. The summed E-state index contributed by atoms with van der Waals surface area (Å²) in [5, 5.41) is 0. The molecule has 1 aliphatic rings. The van der Waals surface area contributed by atoms with Crippen LogP contribution in [0, 0.1) is 5.41 Å². The Labute approximate surface area is 112 Å². The summed E-state index contributed by atoms with van der Waals surface area (Å²) >= 11 is 0. The van der Waals surface area contributed by atoms with Crippen molar-refractivity contribution in [1.29, 1.82) is 0 Å². The minimum atomic E-state index is -0.766. The summed E-state index contributed by atoms with van der Waals surface area (Å²) in [4.78, 5) is 25.4. The van der Waals surface area contributed by atoms with Crippen LogP contribution >= 0.6 is 0 Å². The molecule has 1 atom stereocenters. The van der Waals surface area contributed by atoms with E-state index in [-0.39, 0.29) is 5.91 Å². The maximum absolute atomic E-state index is 12.4. The number of benzene rings is 1. The highest BCUT2D eigenvalue weighted by Crippen LogP contribution is 2.35. The zero-order valence-corrected chi connectivity index (χ0v) is 11.1. The van der Waals surface area contributed by atoms with E-state index in [9.17, 15) is 9.59 Å². The van der Waals surface area contributed by atoms with Crippen LogP contribution in [0.1, 0.15) is 13.8 Å². The Morgan fingerprint density at radius 1 is 1.42 bits per heavy atom. The molecule has 19 heavy (non-hydrogen) atoms. The van der Waals surface area contributed by atoms with Gasteiger partial charge in [0.15, 0.2) is 6.10 Å². The van der Waals surface area contributed by atoms with Crippen LogP contribution in [0.2, 0.25) is 0 Å². The quantitative estimate of drug-likeness (QED) is 0.617. The molecule has 0 aromatic heterocycles. The largest absolute Gasteiger partial charge is 0.448 e. The number of carbonyl (C=O) groups is 2. The molecule has 0 spiro atoms. The molecule has 0 N–H and O–H groups in total. The van der Waals surface area contributed by atoms with E-state index < -0.39 is 17.5 Å². The van der Waals surface area contributed by atoms with Crippen molar-refractivity contribution >= 4 is 17.6 Å². The van der Waals surface area contributed by atoms with Gasteiger partial charge in [-0.05, 0) is 12.1 Å². The Kier molecular flexibility index (Phi) is 3.42. The van der Waals surface area contributed by atoms with Gasteiger partial charge in [-0.2, -0.15) is 0 Å². The van der Waals surface area contributed by atoms with Gasteiger partial charge in [0.05, 0.1) is 0 Å². The molecule has 1 fully saturated rings. The Hall–Kier alpha value is -2.10. The Bertz CT molecular complexity index is 507. The third-order valence-electron chi connectivity index (χ3n) is 3.23. The molecule has 100 valence electrons. The number of para-hydroxylation sites is 1. The smallest absolute Gasteiger partial charge is 0.330 e. The molecule has 1 heterocycles. The van der Waals surface area contributed by atoms with E-state index in [1.807, 2.05) is 44.2 Å². The molecule has 1 aromatic rings. The van der Waals surface area contributed by atoms with Crippen LogP contribution in [-0.2, 0) is 14.3 Å². The second kappa shape index (κ2) is 4.88. The van der Waals surface area contributed by atoms with E-state index in [0.29, 0.717) is 6.54 Å². The maximum Gasteiger partial charge on any atom is 0.330 e. The van der Waals surface area contributed by atoms with E-state index in [1.165, 1.54) is 0 Å². The van der Waals surface area contributed by atoms with E-state index in [4.69, 9.17) is 4.74 Å². The van der Waals surface area contributed by atoms with Gasteiger partial charge in [-0.15, -0.1) is 0 Å². The van der Waals surface area contributed by atoms with Crippen LogP contribution in [0.15, 0.2) is 43.0 Å². The number of hydrogen-bond acceptors (Lipinski definition) is 3. The highest BCUT2D eigenvalue weighted by atomic mass is 16.5. The van der Waals surface area contributed by atoms with Gasteiger partial charge in [0.25, 0.3) is 5.91 Å². The van der Waals surface area contributed by atoms with Crippen LogP contribution < -0.4 is 4.90 Å². The van der Waals surface area contributed by atoms with Crippen LogP contribution in [-0.4, -0.2) is 24.5 Å². The summed E-state index contributed by atoms with van der Waals surface area (Å²) in [5.41, 5.74) is 0.392. The van der Waals surface area contributed by atoms with Crippen LogP contribution in [0.4, 0.5) is 5.69 Å². The molecular formula is C15H17NO3. The number of nitrogens with zero attached hydrogens (tertiary/aromatic N) is 1. The van der Waals surface area contributed by atoms with Gasteiger partial charge < -0.3 is 9.64 Å². The Morgan fingerprint density at radius 2 is 2.05 bits per heavy atom. The van der Waals surface area contributed by atoms with E-state index in [0.717, 1.165) is 11.8 Å². The SMILES string of the molecule is C=CC(=O)O[C@H]1C(=O)N(c2ccccc2)CC1(C)C. The lowest BCUT2D eigenvalue weighted by Gasteiger charge is -2.22. The molecule has 0 radical (unpaired) electrons. The minimum Gasteiger partial charge on any atom is -0.448 e. The number of carbonyl (C=O) groups excluding carboxylic acids is 2. The zero-order valence-electron chi connectivity index (χ0n) is 11.1. The predicted octanol–water partition coefficient (Wildman–Crippen LogP) is 2.16. The zero-order chi connectivity index (χ0) is 14.0. The fourth-order valence-electron chi connectivity index (χ4n) is 2.24. The van der Waals surface area contributed by atoms with Gasteiger partial charge in [-0.25, -0.2) is 4.79 Å². The number of amides is 1. The van der Waals surface area contributed by atoms with Crippen molar-refractivity contribution in [3.05, 3.63) is 43.0 Å². The normalized spacial score (nSPS) is 21.3. The number of hydrogen-bond donors (Lipinski definition) is 0. The summed E-state index contributed by atoms with van der Waals surface area (Å²) in [6.45, 7) is 7.70. The molecule has 1 aliphatic heterocycles. The average molecular weight is 259 g/mol. The van der Waals surface area contributed by atoms with E-state index in [2.05, 4.69) is 6.58 Å². The first-order chi connectivity index (χ1) is 8.95. The van der Waals surface area contributed by atoms with Gasteiger partial charge in [-0.3, -0.25) is 4.79 Å². The number of anilines is 1. The molecule has 1 amide bonds. The molecule has 4 heteroatoms. The summed E-state index contributed by atoms with van der Waals surface area (Å²) in [6, 6.07) is 9.37. The van der Waals surface area contributed by atoms with Gasteiger partial charge >= 0.3 is 5.97 Å². The molecule has 1 aromatic carbocycles. The molecule has 2 rings (SSSR count). The van der Waals surface area contributed by atoms with Gasteiger partial charge in [0, 0.05) is 23.7 Å². The average Bonchev–Trinajstić information content (AvgIpc) is 2.63. The lowest BCUT2D eigenvalue weighted by molar-refractivity contribution is -0.153. The van der Waals surface area contributed by atoms with Crippen molar-refractivity contribution in [2.24, 2.45) is 5.41 Å². The third kappa shape index (κ3) is 2.52. The van der Waals surface area contributed by atoms with Crippen molar-refractivity contribution in [3.63, 3.8) is 0 Å². The van der Waals surface area contributed by atoms with Crippen molar-refractivity contribution in [1.82, 2.24) is 0 Å². The van der Waals surface area contributed by atoms with Gasteiger partial charge in [0.1, 0.15) is 0 Å². The van der Waals surface area contributed by atoms with Crippen molar-refractivity contribution in [2.75, 3.05) is 11.4 Å². The number of ether oxygens (including phenoxy) is 1. The predicted molar refractivity (Wildman–Crippen MR) is 72.7 cm³/mol. The van der Waals surface area contributed by atoms with Crippen molar-refractivity contribution < 1.29 is 14.3 Å². The molecular weight excluding hydrogens is 242 g/mol. The molecule has 1 saturated heterocycles. The van der Waals surface area contributed by atoms with Gasteiger partial charge in [-0.1, -0.05) is 38.6 Å². The fourth-order valence-corrected chi connectivity index (χ4v) is 2.24. The van der Waals surface area contributed by atoms with Crippen molar-refractivity contribution in [2.45, 2.75) is 20.0 Å². The van der Waals surface area contributed by atoms with Crippen LogP contribution in [0.25, 0.3) is 0 Å². The second-order valence-corrected chi connectivity index (χ2v) is 5.27. The Balaban J connectivity index is 2.26. The first-order valence-corrected chi connectivity index (χ1v) is 6.15. The van der Waals surface area contributed by atoms with Crippen molar-refractivity contribution in [3.8, 4) is 0 Å². The van der Waals surface area contributed by atoms with Gasteiger partial charge in [0.2, 0.25) is 0 Å². The van der Waals surface area contributed by atoms with E-state index in [1.54, 1.807) is 4.90 Å². The summed E-state index contributed by atoms with van der Waals surface area (Å²) in [5.74, 6) is -0.757. The standard InChI is InChI=1S/C15H17NO3/c1-4-12(17)19-13-14(18)16(10-15(13,2)3)11-8-6-5-7-9-11/h4-9,13H,1,10H2,2-3H3/t13-/m0/s1. The Morgan fingerprint density at radius 3 is 2.63 bits per heavy atom. The highest BCUT2D eigenvalue weighted by Gasteiger charge is 2.49. The molecule has 0 aliphatic carbocycles. The number of esters is 1. The second-order valence-electron chi connectivity index (χ2n) is 5.27. The summed E-state index contributed by atoms with van der Waals surface area (Å²) in [7, 11) is 0. The van der Waals surface area contributed by atoms with E-state index >= 15 is 0 Å². The minimum absolute atomic E-state index is 0.189. The molecule has 0 bridgehead atoms.